The molecule has 0 aliphatic rings. The molecule has 0 amide bonds. The quantitative estimate of drug-likeness (QED) is 0.354. The number of carbonyl (C=O) groups is 1. The molecule has 0 atom stereocenters. The molecule has 0 saturated heterocycles. The van der Waals surface area contributed by atoms with Gasteiger partial charge in [-0.2, -0.15) is 0 Å². The minimum Gasteiger partial charge on any atom is -0.324 e. The highest BCUT2D eigenvalue weighted by Gasteiger charge is 1.97. The number of ketones is 1. The lowest BCUT2D eigenvalue weighted by Crippen LogP contribution is -2.12. The van der Waals surface area contributed by atoms with Crippen LogP contribution >= 0.6 is 12.3 Å². The molecule has 0 spiro atoms. The van der Waals surface area contributed by atoms with Crippen molar-refractivity contribution in [3.63, 3.8) is 0 Å². The first-order valence-electron chi connectivity index (χ1n) is 6.72. The van der Waals surface area contributed by atoms with E-state index < -0.39 is 0 Å². The molecule has 6 nitrogen and oxygen atoms in total. The van der Waals surface area contributed by atoms with Crippen molar-refractivity contribution in [3.05, 3.63) is 0 Å². The number of rotatable bonds is 11. The molecule has 0 aromatic heterocycles. The van der Waals surface area contributed by atoms with Gasteiger partial charge < -0.3 is 14.1 Å². The van der Waals surface area contributed by atoms with Gasteiger partial charge in [0.1, 0.15) is 5.78 Å². The Labute approximate surface area is 125 Å². The summed E-state index contributed by atoms with van der Waals surface area (Å²) in [5.41, 5.74) is 5.20. The highest BCUT2D eigenvalue weighted by molar-refractivity contribution is 7.90. The Kier molecular flexibility index (Phi) is 20.8. The molecule has 0 unspecified atom stereocenters. The molecule has 114 valence electrons. The Morgan fingerprint density at radius 2 is 1.55 bits per heavy atom. The van der Waals surface area contributed by atoms with Gasteiger partial charge in [-0.05, 0) is 6.42 Å². The Morgan fingerprint density at radius 3 is 2.00 bits per heavy atom. The van der Waals surface area contributed by atoms with Crippen molar-refractivity contribution in [1.29, 1.82) is 10.5 Å². The first kappa shape index (κ1) is 20.9. The number of nitrogens with zero attached hydrogens (tertiary/aromatic N) is 2. The van der Waals surface area contributed by atoms with Crippen LogP contribution in [0.15, 0.2) is 0 Å². The summed E-state index contributed by atoms with van der Waals surface area (Å²) in [5, 5.41) is 15.2. The number of Topliss-reactive ketones (excluding diaryl/α,β-unsaturated/α-hetero) is 1. The summed E-state index contributed by atoms with van der Waals surface area (Å²) in [5.74, 6) is 0.202. The van der Waals surface area contributed by atoms with Crippen LogP contribution in [0.1, 0.15) is 58.3 Å². The van der Waals surface area contributed by atoms with Crippen molar-refractivity contribution in [1.82, 2.24) is 0 Å². The second kappa shape index (κ2) is 19.9. The van der Waals surface area contributed by atoms with E-state index in [1.807, 2.05) is 0 Å². The normalized spacial score (nSPS) is 8.60. The van der Waals surface area contributed by atoms with Gasteiger partial charge in [0.15, 0.2) is 0 Å². The van der Waals surface area contributed by atoms with Crippen LogP contribution in [0.5, 0.6) is 0 Å². The lowest BCUT2D eigenvalue weighted by molar-refractivity contribution is -0.117. The van der Waals surface area contributed by atoms with Crippen molar-refractivity contribution >= 4 is 18.1 Å². The summed E-state index contributed by atoms with van der Waals surface area (Å²) < 4.78 is 7.70. The first-order chi connectivity index (χ1) is 9.72. The summed E-state index contributed by atoms with van der Waals surface area (Å²) in [7, 11) is 0. The fourth-order valence-corrected chi connectivity index (χ4v) is 1.52. The summed E-state index contributed by atoms with van der Waals surface area (Å²) >= 11 is 0.331. The van der Waals surface area contributed by atoms with Crippen molar-refractivity contribution in [2.24, 2.45) is 5.73 Å². The van der Waals surface area contributed by atoms with E-state index in [1.165, 1.54) is 51.0 Å². The smallest absolute Gasteiger partial charge is 0.316 e. The summed E-state index contributed by atoms with van der Waals surface area (Å²) in [6, 6.07) is 0. The molecule has 0 rings (SSSR count). The fourth-order valence-electron chi connectivity index (χ4n) is 1.43. The number of hydrogen-bond donors (Lipinski definition) is 1. The predicted molar refractivity (Wildman–Crippen MR) is 77.7 cm³/mol. The Morgan fingerprint density at radius 1 is 1.05 bits per heavy atom. The maximum atomic E-state index is 10.8. The molecule has 0 bridgehead atoms. The molecule has 2 N–H and O–H groups in total. The number of unbranched alkanes of at least 4 members (excludes halogenated alkanes) is 6. The first-order valence-corrected chi connectivity index (χ1v) is 7.38. The van der Waals surface area contributed by atoms with Gasteiger partial charge in [0.2, 0.25) is 0 Å². The standard InChI is InChI=1S/C11H23NO.C2N2O2S/c1-2-3-4-5-6-7-8-9-11(13)10-12;3-1-5-7-6-2-4/h2-10,12H2,1H3;. The van der Waals surface area contributed by atoms with Crippen LogP contribution in [-0.2, 0) is 13.2 Å². The molecule has 0 aliphatic heterocycles. The van der Waals surface area contributed by atoms with E-state index in [-0.39, 0.29) is 12.3 Å². The third-order valence-corrected chi connectivity index (χ3v) is 2.71. The average Bonchev–Trinajstić information content (AvgIpc) is 2.47. The largest absolute Gasteiger partial charge is 0.324 e. The highest BCUT2D eigenvalue weighted by Crippen LogP contribution is 2.08. The molecule has 0 fully saturated rings. The van der Waals surface area contributed by atoms with Crippen LogP contribution < -0.4 is 5.73 Å². The van der Waals surface area contributed by atoms with Crippen molar-refractivity contribution in [2.45, 2.75) is 58.3 Å². The molecular weight excluding hydrogens is 278 g/mol. The third-order valence-electron chi connectivity index (χ3n) is 2.43. The molecule has 0 heterocycles. The zero-order valence-electron chi connectivity index (χ0n) is 12.0. The molecule has 0 saturated carbocycles. The van der Waals surface area contributed by atoms with Crippen LogP contribution in [-0.4, -0.2) is 12.3 Å². The molecule has 0 radical (unpaired) electrons. The lowest BCUT2D eigenvalue weighted by Gasteiger charge is -1.99. The van der Waals surface area contributed by atoms with Gasteiger partial charge in [-0.15, -0.1) is 10.5 Å². The van der Waals surface area contributed by atoms with E-state index in [4.69, 9.17) is 16.3 Å². The van der Waals surface area contributed by atoms with Gasteiger partial charge in [0.25, 0.3) is 0 Å². The van der Waals surface area contributed by atoms with Crippen molar-refractivity contribution < 1.29 is 13.2 Å². The molecule has 0 aromatic carbocycles. The Bertz CT molecular complexity index is 286. The van der Waals surface area contributed by atoms with Crippen LogP contribution in [0, 0.1) is 23.0 Å². The fraction of sp³-hybridized carbons (Fsp3) is 0.769. The number of hydrogen-bond acceptors (Lipinski definition) is 7. The average molecular weight is 301 g/mol. The van der Waals surface area contributed by atoms with Gasteiger partial charge in [0, 0.05) is 6.42 Å². The van der Waals surface area contributed by atoms with E-state index in [0.717, 1.165) is 6.42 Å². The molecule has 20 heavy (non-hydrogen) atoms. The number of nitriles is 2. The lowest BCUT2D eigenvalue weighted by atomic mass is 10.1. The SMILES string of the molecule is CCCCCCCCCC(=O)CN.N#COSOC#N. The molecule has 0 aliphatic carbocycles. The zero-order valence-corrected chi connectivity index (χ0v) is 12.8. The van der Waals surface area contributed by atoms with Gasteiger partial charge in [-0.3, -0.25) is 4.79 Å². The molecular formula is C13H23N3O3S. The van der Waals surface area contributed by atoms with Gasteiger partial charge >= 0.3 is 24.8 Å². The maximum Gasteiger partial charge on any atom is 0.316 e. The third kappa shape index (κ3) is 21.8. The van der Waals surface area contributed by atoms with Crippen LogP contribution in [0.4, 0.5) is 0 Å². The summed E-state index contributed by atoms with van der Waals surface area (Å²) in [6.45, 7) is 2.44. The van der Waals surface area contributed by atoms with Crippen molar-refractivity contribution in [2.75, 3.05) is 6.54 Å². The maximum absolute atomic E-state index is 10.8. The van der Waals surface area contributed by atoms with Crippen LogP contribution in [0.25, 0.3) is 0 Å². The van der Waals surface area contributed by atoms with Gasteiger partial charge in [-0.1, -0.05) is 45.4 Å². The van der Waals surface area contributed by atoms with E-state index in [2.05, 4.69) is 15.3 Å². The number of carbonyl (C=O) groups excluding carboxylic acids is 1. The van der Waals surface area contributed by atoms with E-state index >= 15 is 0 Å². The minimum absolute atomic E-state index is 0.202. The minimum atomic E-state index is 0.202. The topological polar surface area (TPSA) is 109 Å². The summed E-state index contributed by atoms with van der Waals surface area (Å²) in [6.07, 6.45) is 12.1. The molecule has 0 aromatic rings. The van der Waals surface area contributed by atoms with Gasteiger partial charge in [0.05, 0.1) is 6.54 Å². The van der Waals surface area contributed by atoms with E-state index in [0.29, 0.717) is 18.7 Å². The van der Waals surface area contributed by atoms with E-state index in [9.17, 15) is 4.79 Å². The van der Waals surface area contributed by atoms with E-state index in [1.54, 1.807) is 0 Å². The summed E-state index contributed by atoms with van der Waals surface area (Å²) in [4.78, 5) is 10.8. The van der Waals surface area contributed by atoms with Gasteiger partial charge in [-0.25, -0.2) is 0 Å². The Balaban J connectivity index is 0. The predicted octanol–water partition coefficient (Wildman–Crippen LogP) is 3.20. The van der Waals surface area contributed by atoms with Crippen molar-refractivity contribution in [3.8, 4) is 12.5 Å². The highest BCUT2D eigenvalue weighted by atomic mass is 32.2. The Hall–Kier alpha value is -1.44. The zero-order chi connectivity index (χ0) is 15.5. The molecule has 7 heteroatoms. The number of nitrogens with two attached hydrogens (primary N) is 1. The van der Waals surface area contributed by atoms with Crippen LogP contribution in [0.3, 0.4) is 0 Å². The second-order valence-electron chi connectivity index (χ2n) is 4.03. The monoisotopic (exact) mass is 301 g/mol. The van der Waals surface area contributed by atoms with Crippen LogP contribution in [0.2, 0.25) is 0 Å². The second-order valence-corrected chi connectivity index (χ2v) is 4.50.